The first-order valence-electron chi connectivity index (χ1n) is 9.67. The predicted octanol–water partition coefficient (Wildman–Crippen LogP) is 4.52. The number of nitrogens with one attached hydrogen (secondary N) is 1. The zero-order chi connectivity index (χ0) is 19.8. The Morgan fingerprint density at radius 1 is 1.11 bits per heavy atom. The molecule has 0 heterocycles. The molecule has 0 fully saturated rings. The number of carbonyl (C=O) groups is 1. The Labute approximate surface area is 163 Å². The number of hydrogen-bond acceptors (Lipinski definition) is 3. The zero-order valence-corrected chi connectivity index (χ0v) is 17.2. The van der Waals surface area contributed by atoms with E-state index in [0.29, 0.717) is 18.7 Å². The fraction of sp³-hybridized carbons (Fsp3) is 0.435. The largest absolute Gasteiger partial charge is 0.493 e. The standard InChI is InChI=1S/C23H32N2O2/c1-6-7-13-27-22-17(2)14-20(15-18(22)3)23(26)24-16-21(25(4)5)19-11-9-8-10-12-19/h8-12,14-15,21H,6-7,13,16H2,1-5H3,(H,24,26). The average Bonchev–Trinajstić information content (AvgIpc) is 2.64. The van der Waals surface area contributed by atoms with Gasteiger partial charge in [-0.3, -0.25) is 4.79 Å². The van der Waals surface area contributed by atoms with Crippen molar-refractivity contribution in [2.75, 3.05) is 27.2 Å². The number of rotatable bonds is 9. The fourth-order valence-corrected chi connectivity index (χ4v) is 3.19. The van der Waals surface area contributed by atoms with Crippen LogP contribution in [-0.2, 0) is 0 Å². The Kier molecular flexibility index (Phi) is 7.86. The molecule has 1 unspecified atom stereocenters. The second-order valence-corrected chi connectivity index (χ2v) is 7.24. The van der Waals surface area contributed by atoms with Gasteiger partial charge >= 0.3 is 0 Å². The third kappa shape index (κ3) is 5.83. The van der Waals surface area contributed by atoms with Gasteiger partial charge in [0, 0.05) is 12.1 Å². The Bertz CT molecular complexity index is 718. The van der Waals surface area contributed by atoms with Crippen LogP contribution in [0.4, 0.5) is 0 Å². The number of hydrogen-bond donors (Lipinski definition) is 1. The van der Waals surface area contributed by atoms with E-state index in [9.17, 15) is 4.79 Å². The summed E-state index contributed by atoms with van der Waals surface area (Å²) in [4.78, 5) is 14.8. The molecular weight excluding hydrogens is 336 g/mol. The van der Waals surface area contributed by atoms with Gasteiger partial charge in [-0.15, -0.1) is 0 Å². The highest BCUT2D eigenvalue weighted by atomic mass is 16.5. The smallest absolute Gasteiger partial charge is 0.251 e. The maximum Gasteiger partial charge on any atom is 0.251 e. The summed E-state index contributed by atoms with van der Waals surface area (Å²) in [6, 6.07) is 14.2. The Balaban J connectivity index is 2.06. The average molecular weight is 369 g/mol. The molecule has 4 heteroatoms. The number of nitrogens with zero attached hydrogens (tertiary/aromatic N) is 1. The van der Waals surface area contributed by atoms with Gasteiger partial charge < -0.3 is 15.0 Å². The van der Waals surface area contributed by atoms with Crippen LogP contribution in [0.2, 0.25) is 0 Å². The fourth-order valence-electron chi connectivity index (χ4n) is 3.19. The molecule has 146 valence electrons. The Morgan fingerprint density at radius 2 is 1.74 bits per heavy atom. The van der Waals surface area contributed by atoms with Crippen molar-refractivity contribution in [1.82, 2.24) is 10.2 Å². The Hall–Kier alpha value is -2.33. The lowest BCUT2D eigenvalue weighted by molar-refractivity contribution is 0.0941. The van der Waals surface area contributed by atoms with Crippen molar-refractivity contribution in [3.05, 3.63) is 64.7 Å². The third-order valence-electron chi connectivity index (χ3n) is 4.73. The third-order valence-corrected chi connectivity index (χ3v) is 4.73. The monoisotopic (exact) mass is 368 g/mol. The number of amides is 1. The molecule has 2 rings (SSSR count). The highest BCUT2D eigenvalue weighted by molar-refractivity contribution is 5.95. The van der Waals surface area contributed by atoms with E-state index < -0.39 is 0 Å². The van der Waals surface area contributed by atoms with Crippen LogP contribution in [0.5, 0.6) is 5.75 Å². The maximum atomic E-state index is 12.7. The minimum Gasteiger partial charge on any atom is -0.493 e. The molecule has 2 aromatic rings. The van der Waals surface area contributed by atoms with Crippen LogP contribution in [0.1, 0.15) is 52.9 Å². The van der Waals surface area contributed by atoms with Crippen LogP contribution in [0.15, 0.2) is 42.5 Å². The SMILES string of the molecule is CCCCOc1c(C)cc(C(=O)NCC(c2ccccc2)N(C)C)cc1C. The summed E-state index contributed by atoms with van der Waals surface area (Å²) in [5, 5.41) is 3.08. The first-order valence-corrected chi connectivity index (χ1v) is 9.67. The van der Waals surface area contributed by atoms with Gasteiger partial charge in [0.05, 0.1) is 12.6 Å². The van der Waals surface area contributed by atoms with Crippen molar-refractivity contribution >= 4 is 5.91 Å². The van der Waals surface area contributed by atoms with Crippen molar-refractivity contribution in [2.24, 2.45) is 0 Å². The summed E-state index contributed by atoms with van der Waals surface area (Å²) < 4.78 is 5.89. The normalized spacial score (nSPS) is 12.1. The molecule has 0 bridgehead atoms. The number of benzene rings is 2. The zero-order valence-electron chi connectivity index (χ0n) is 17.2. The van der Waals surface area contributed by atoms with E-state index in [1.54, 1.807) is 0 Å². The summed E-state index contributed by atoms with van der Waals surface area (Å²) >= 11 is 0. The van der Waals surface area contributed by atoms with Gasteiger partial charge in [-0.05, 0) is 63.2 Å². The summed E-state index contributed by atoms with van der Waals surface area (Å²) in [7, 11) is 4.06. The molecule has 0 saturated heterocycles. The minimum absolute atomic E-state index is 0.0518. The molecule has 1 atom stereocenters. The highest BCUT2D eigenvalue weighted by Crippen LogP contribution is 2.25. The predicted molar refractivity (Wildman–Crippen MR) is 112 cm³/mol. The van der Waals surface area contributed by atoms with Crippen LogP contribution in [0.25, 0.3) is 0 Å². The quantitative estimate of drug-likeness (QED) is 0.662. The summed E-state index contributed by atoms with van der Waals surface area (Å²) in [5.74, 6) is 0.847. The van der Waals surface area contributed by atoms with E-state index >= 15 is 0 Å². The van der Waals surface area contributed by atoms with Crippen molar-refractivity contribution in [2.45, 2.75) is 39.7 Å². The van der Waals surface area contributed by atoms with Crippen LogP contribution < -0.4 is 10.1 Å². The molecule has 0 aliphatic carbocycles. The van der Waals surface area contributed by atoms with Gasteiger partial charge in [0.25, 0.3) is 5.91 Å². The Morgan fingerprint density at radius 3 is 2.30 bits per heavy atom. The van der Waals surface area contributed by atoms with E-state index in [-0.39, 0.29) is 11.9 Å². The van der Waals surface area contributed by atoms with E-state index in [4.69, 9.17) is 4.74 Å². The maximum absolute atomic E-state index is 12.7. The second kappa shape index (κ2) is 10.1. The number of aryl methyl sites for hydroxylation is 2. The van der Waals surface area contributed by atoms with Crippen molar-refractivity contribution < 1.29 is 9.53 Å². The molecule has 0 aliphatic rings. The van der Waals surface area contributed by atoms with Gasteiger partial charge in [-0.2, -0.15) is 0 Å². The molecule has 27 heavy (non-hydrogen) atoms. The van der Waals surface area contributed by atoms with Gasteiger partial charge in [0.15, 0.2) is 0 Å². The molecule has 1 amide bonds. The topological polar surface area (TPSA) is 41.6 Å². The number of ether oxygens (including phenoxy) is 1. The van der Waals surface area contributed by atoms with E-state index in [2.05, 4.69) is 29.3 Å². The first-order chi connectivity index (χ1) is 12.9. The van der Waals surface area contributed by atoms with Crippen molar-refractivity contribution in [3.8, 4) is 5.75 Å². The molecule has 0 radical (unpaired) electrons. The van der Waals surface area contributed by atoms with Crippen LogP contribution >= 0.6 is 0 Å². The lowest BCUT2D eigenvalue weighted by Crippen LogP contribution is -2.34. The molecule has 0 aliphatic heterocycles. The molecule has 2 aromatic carbocycles. The molecule has 0 saturated carbocycles. The minimum atomic E-state index is -0.0518. The molecule has 4 nitrogen and oxygen atoms in total. The second-order valence-electron chi connectivity index (χ2n) is 7.24. The first kappa shape index (κ1) is 21.0. The molecule has 0 aromatic heterocycles. The van der Waals surface area contributed by atoms with Gasteiger partial charge in [-0.25, -0.2) is 0 Å². The van der Waals surface area contributed by atoms with E-state index in [0.717, 1.165) is 29.7 Å². The highest BCUT2D eigenvalue weighted by Gasteiger charge is 2.17. The summed E-state index contributed by atoms with van der Waals surface area (Å²) in [6.07, 6.45) is 2.14. The lowest BCUT2D eigenvalue weighted by atomic mass is 10.0. The van der Waals surface area contributed by atoms with Crippen LogP contribution in [-0.4, -0.2) is 38.1 Å². The van der Waals surface area contributed by atoms with Gasteiger partial charge in [0.1, 0.15) is 5.75 Å². The number of carbonyl (C=O) groups excluding carboxylic acids is 1. The van der Waals surface area contributed by atoms with Crippen LogP contribution in [0.3, 0.4) is 0 Å². The summed E-state index contributed by atoms with van der Waals surface area (Å²) in [5.41, 5.74) is 3.88. The number of likely N-dealkylation sites (N-methyl/N-ethyl adjacent to an activating group) is 1. The van der Waals surface area contributed by atoms with E-state index in [1.807, 2.05) is 58.3 Å². The summed E-state index contributed by atoms with van der Waals surface area (Å²) in [6.45, 7) is 7.41. The molecule has 0 spiro atoms. The van der Waals surface area contributed by atoms with Gasteiger partial charge in [0.2, 0.25) is 0 Å². The van der Waals surface area contributed by atoms with Crippen molar-refractivity contribution in [1.29, 1.82) is 0 Å². The molecular formula is C23H32N2O2. The number of unbranched alkanes of at least 4 members (excludes halogenated alkanes) is 1. The van der Waals surface area contributed by atoms with Gasteiger partial charge in [-0.1, -0.05) is 43.7 Å². The van der Waals surface area contributed by atoms with Crippen LogP contribution in [0, 0.1) is 13.8 Å². The van der Waals surface area contributed by atoms with Crippen molar-refractivity contribution in [3.63, 3.8) is 0 Å². The molecule has 1 N–H and O–H groups in total. The lowest BCUT2D eigenvalue weighted by Gasteiger charge is -2.25. The van der Waals surface area contributed by atoms with E-state index in [1.165, 1.54) is 5.56 Å².